The molecule has 0 atom stereocenters. The normalized spacial score (nSPS) is 14.6. The van der Waals surface area contributed by atoms with Gasteiger partial charge in [-0.15, -0.1) is 5.10 Å². The van der Waals surface area contributed by atoms with Gasteiger partial charge < -0.3 is 5.32 Å². The number of aryl methyl sites for hydroxylation is 2. The monoisotopic (exact) mass is 283 g/mol. The number of hydrogen-bond donors (Lipinski definition) is 1. The van der Waals surface area contributed by atoms with Gasteiger partial charge in [0.15, 0.2) is 5.82 Å². The van der Waals surface area contributed by atoms with Gasteiger partial charge in [-0.1, -0.05) is 12.2 Å². The molecule has 0 saturated carbocycles. The van der Waals surface area contributed by atoms with E-state index in [1.165, 1.54) is 0 Å². The molecule has 6 nitrogen and oxygen atoms in total. The molecule has 0 aliphatic heterocycles. The quantitative estimate of drug-likeness (QED) is 0.876. The van der Waals surface area contributed by atoms with Gasteiger partial charge in [0, 0.05) is 12.0 Å². The first-order valence-electron chi connectivity index (χ1n) is 6.97. The molecule has 1 aliphatic rings. The summed E-state index contributed by atoms with van der Waals surface area (Å²) >= 11 is 0. The maximum atomic E-state index is 12.2. The predicted octanol–water partition coefficient (Wildman–Crippen LogP) is 2.18. The number of carbonyl (C=O) groups excluding carboxylic acids is 1. The molecule has 108 valence electrons. The van der Waals surface area contributed by atoms with Crippen molar-refractivity contribution in [2.24, 2.45) is 5.92 Å². The third-order valence-electron chi connectivity index (χ3n) is 3.46. The van der Waals surface area contributed by atoms with Gasteiger partial charge in [0.25, 0.3) is 0 Å². The number of allylic oxidation sites excluding steroid dienone is 2. The second-order valence-corrected chi connectivity index (χ2v) is 5.24. The first-order valence-corrected chi connectivity index (χ1v) is 6.97. The Labute approximate surface area is 122 Å². The van der Waals surface area contributed by atoms with Crippen LogP contribution in [0.2, 0.25) is 0 Å². The Hall–Kier alpha value is -2.50. The van der Waals surface area contributed by atoms with Gasteiger partial charge in [-0.05, 0) is 38.8 Å². The van der Waals surface area contributed by atoms with Crippen LogP contribution in [-0.4, -0.2) is 25.9 Å². The van der Waals surface area contributed by atoms with Crippen molar-refractivity contribution in [1.82, 2.24) is 20.0 Å². The SMILES string of the molecule is Cc1ccc(-n2nc(C)cc2NC(=O)C2CC=CC2)nn1. The molecule has 3 rings (SSSR count). The highest BCUT2D eigenvalue weighted by atomic mass is 16.2. The molecule has 21 heavy (non-hydrogen) atoms. The smallest absolute Gasteiger partial charge is 0.229 e. The number of anilines is 1. The molecule has 0 unspecified atom stereocenters. The Bertz CT molecular complexity index is 679. The summed E-state index contributed by atoms with van der Waals surface area (Å²) in [5.74, 6) is 1.25. The Morgan fingerprint density at radius 1 is 1.19 bits per heavy atom. The molecule has 2 heterocycles. The van der Waals surface area contributed by atoms with E-state index in [4.69, 9.17) is 0 Å². The van der Waals surface area contributed by atoms with E-state index >= 15 is 0 Å². The number of rotatable bonds is 3. The molecule has 1 N–H and O–H groups in total. The fourth-order valence-electron chi connectivity index (χ4n) is 2.33. The number of carbonyl (C=O) groups is 1. The number of aromatic nitrogens is 4. The average Bonchev–Trinajstić information content (AvgIpc) is 3.09. The molecular formula is C15H17N5O. The summed E-state index contributed by atoms with van der Waals surface area (Å²) in [5.41, 5.74) is 1.66. The minimum absolute atomic E-state index is 0.0118. The van der Waals surface area contributed by atoms with E-state index in [1.54, 1.807) is 4.68 Å². The highest BCUT2D eigenvalue weighted by Gasteiger charge is 2.21. The number of hydrogen-bond acceptors (Lipinski definition) is 4. The van der Waals surface area contributed by atoms with Crippen LogP contribution in [0.4, 0.5) is 5.82 Å². The van der Waals surface area contributed by atoms with Crippen molar-refractivity contribution in [3.63, 3.8) is 0 Å². The average molecular weight is 283 g/mol. The van der Waals surface area contributed by atoms with Gasteiger partial charge in [0.05, 0.1) is 11.4 Å². The van der Waals surface area contributed by atoms with Crippen molar-refractivity contribution in [3.05, 3.63) is 41.7 Å². The maximum Gasteiger partial charge on any atom is 0.229 e. The van der Waals surface area contributed by atoms with Gasteiger partial charge in [0.1, 0.15) is 5.82 Å². The van der Waals surface area contributed by atoms with Crippen molar-refractivity contribution >= 4 is 11.7 Å². The molecule has 0 fully saturated rings. The topological polar surface area (TPSA) is 72.7 Å². The molecule has 6 heteroatoms. The van der Waals surface area contributed by atoms with Crippen molar-refractivity contribution in [3.8, 4) is 5.82 Å². The summed E-state index contributed by atoms with van der Waals surface area (Å²) in [4.78, 5) is 12.2. The summed E-state index contributed by atoms with van der Waals surface area (Å²) in [7, 11) is 0. The van der Waals surface area contributed by atoms with E-state index in [2.05, 4.69) is 20.6 Å². The lowest BCUT2D eigenvalue weighted by molar-refractivity contribution is -0.119. The fourth-order valence-corrected chi connectivity index (χ4v) is 2.33. The van der Waals surface area contributed by atoms with Crippen LogP contribution in [0.3, 0.4) is 0 Å². The summed E-state index contributed by atoms with van der Waals surface area (Å²) < 4.78 is 1.61. The molecule has 1 amide bonds. The zero-order valence-electron chi connectivity index (χ0n) is 12.1. The molecule has 0 saturated heterocycles. The number of nitrogens with one attached hydrogen (secondary N) is 1. The first kappa shape index (κ1) is 13.5. The minimum Gasteiger partial charge on any atom is -0.310 e. The van der Waals surface area contributed by atoms with Crippen LogP contribution in [0.25, 0.3) is 5.82 Å². The highest BCUT2D eigenvalue weighted by Crippen LogP contribution is 2.21. The van der Waals surface area contributed by atoms with Crippen LogP contribution in [0.1, 0.15) is 24.2 Å². The van der Waals surface area contributed by atoms with Crippen LogP contribution < -0.4 is 5.32 Å². The minimum atomic E-state index is 0.0118. The van der Waals surface area contributed by atoms with E-state index in [9.17, 15) is 4.79 Å². The predicted molar refractivity (Wildman–Crippen MR) is 79.1 cm³/mol. The summed E-state index contributed by atoms with van der Waals surface area (Å²) in [6.45, 7) is 3.76. The number of amides is 1. The number of nitrogens with zero attached hydrogens (tertiary/aromatic N) is 4. The maximum absolute atomic E-state index is 12.2. The third-order valence-corrected chi connectivity index (χ3v) is 3.46. The summed E-state index contributed by atoms with van der Waals surface area (Å²) in [6, 6.07) is 5.54. The van der Waals surface area contributed by atoms with E-state index in [-0.39, 0.29) is 11.8 Å². The van der Waals surface area contributed by atoms with Gasteiger partial charge in [0.2, 0.25) is 5.91 Å². The van der Waals surface area contributed by atoms with Crippen molar-refractivity contribution in [2.75, 3.05) is 5.32 Å². The molecule has 2 aromatic rings. The van der Waals surface area contributed by atoms with Crippen LogP contribution >= 0.6 is 0 Å². The van der Waals surface area contributed by atoms with Crippen molar-refractivity contribution in [2.45, 2.75) is 26.7 Å². The molecule has 1 aliphatic carbocycles. The van der Waals surface area contributed by atoms with Gasteiger partial charge >= 0.3 is 0 Å². The highest BCUT2D eigenvalue weighted by molar-refractivity contribution is 5.92. The lowest BCUT2D eigenvalue weighted by Gasteiger charge is -2.11. The molecular weight excluding hydrogens is 266 g/mol. The third kappa shape index (κ3) is 2.84. The van der Waals surface area contributed by atoms with Gasteiger partial charge in [-0.25, -0.2) is 0 Å². The Balaban J connectivity index is 1.85. The van der Waals surface area contributed by atoms with E-state index < -0.39 is 0 Å². The zero-order chi connectivity index (χ0) is 14.8. The molecule has 0 spiro atoms. The lowest BCUT2D eigenvalue weighted by Crippen LogP contribution is -2.22. The standard InChI is InChI=1S/C15H17N5O/c1-10-7-8-13(18-17-10)20-14(9-11(2)19-20)16-15(21)12-5-3-4-6-12/h3-4,7-9,12H,5-6H2,1-2H3,(H,16,21). The fraction of sp³-hybridized carbons (Fsp3) is 0.333. The van der Waals surface area contributed by atoms with Gasteiger partial charge in [-0.2, -0.15) is 14.9 Å². The van der Waals surface area contributed by atoms with Crippen molar-refractivity contribution in [1.29, 1.82) is 0 Å². The van der Waals surface area contributed by atoms with Crippen LogP contribution in [0.15, 0.2) is 30.4 Å². The van der Waals surface area contributed by atoms with E-state index in [1.807, 2.05) is 44.2 Å². The summed E-state index contributed by atoms with van der Waals surface area (Å²) in [5, 5.41) is 15.5. The van der Waals surface area contributed by atoms with Crippen LogP contribution in [0.5, 0.6) is 0 Å². The van der Waals surface area contributed by atoms with Crippen molar-refractivity contribution < 1.29 is 4.79 Å². The second-order valence-electron chi connectivity index (χ2n) is 5.24. The van der Waals surface area contributed by atoms with Crippen LogP contribution in [-0.2, 0) is 4.79 Å². The Morgan fingerprint density at radius 3 is 2.62 bits per heavy atom. The lowest BCUT2D eigenvalue weighted by atomic mass is 10.1. The summed E-state index contributed by atoms with van der Waals surface area (Å²) in [6.07, 6.45) is 5.67. The molecule has 2 aromatic heterocycles. The second kappa shape index (κ2) is 5.47. The Kier molecular flexibility index (Phi) is 3.51. The van der Waals surface area contributed by atoms with Gasteiger partial charge in [-0.3, -0.25) is 4.79 Å². The Morgan fingerprint density at radius 2 is 1.95 bits per heavy atom. The molecule has 0 aromatic carbocycles. The zero-order valence-corrected chi connectivity index (χ0v) is 12.1. The van der Waals surface area contributed by atoms with Crippen LogP contribution in [0, 0.1) is 19.8 Å². The largest absolute Gasteiger partial charge is 0.310 e. The van der Waals surface area contributed by atoms with E-state index in [0.717, 1.165) is 24.2 Å². The first-order chi connectivity index (χ1) is 10.1. The molecule has 0 bridgehead atoms. The van der Waals surface area contributed by atoms with E-state index in [0.29, 0.717) is 11.6 Å². The molecule has 0 radical (unpaired) electrons.